The van der Waals surface area contributed by atoms with Crippen LogP contribution in [0, 0.1) is 11.3 Å². The fourth-order valence-corrected chi connectivity index (χ4v) is 1.11. The normalized spacial score (nSPS) is 9.25. The molecule has 0 heterocycles. The second-order valence-corrected chi connectivity index (χ2v) is 3.03. The van der Waals surface area contributed by atoms with Crippen molar-refractivity contribution in [3.05, 3.63) is 35.4 Å². The third-order valence-corrected chi connectivity index (χ3v) is 1.82. The van der Waals surface area contributed by atoms with Crippen LogP contribution in [0.2, 0.25) is 0 Å². The summed E-state index contributed by atoms with van der Waals surface area (Å²) in [6.07, 6.45) is -0.587. The standard InChI is InChI=1S/C11H12N2O3/c12-7-9-2-1-3-10(6-9)8-13-11(15)16-5-4-14/h1-3,6,14H,4-5,8H2,(H,13,15). The maximum absolute atomic E-state index is 11.0. The van der Waals surface area contributed by atoms with Crippen molar-refractivity contribution in [2.24, 2.45) is 0 Å². The van der Waals surface area contributed by atoms with Gasteiger partial charge in [-0.05, 0) is 17.7 Å². The van der Waals surface area contributed by atoms with Crippen LogP contribution in [0.15, 0.2) is 24.3 Å². The third kappa shape index (κ3) is 3.98. The lowest BCUT2D eigenvalue weighted by Crippen LogP contribution is -2.24. The largest absolute Gasteiger partial charge is 0.447 e. The molecule has 0 fully saturated rings. The van der Waals surface area contributed by atoms with Crippen LogP contribution in [0.25, 0.3) is 0 Å². The Bertz CT molecular complexity index is 398. The Kier molecular flexibility index (Phi) is 4.83. The van der Waals surface area contributed by atoms with Crippen LogP contribution >= 0.6 is 0 Å². The molecule has 0 saturated heterocycles. The average molecular weight is 220 g/mol. The summed E-state index contributed by atoms with van der Waals surface area (Å²) in [7, 11) is 0. The van der Waals surface area contributed by atoms with Gasteiger partial charge in [0.15, 0.2) is 0 Å². The Morgan fingerprint density at radius 3 is 3.06 bits per heavy atom. The Morgan fingerprint density at radius 1 is 1.56 bits per heavy atom. The van der Waals surface area contributed by atoms with E-state index in [2.05, 4.69) is 10.1 Å². The summed E-state index contributed by atoms with van der Waals surface area (Å²) in [5.74, 6) is 0. The predicted octanol–water partition coefficient (Wildman–Crippen LogP) is 0.777. The number of hydrogen-bond donors (Lipinski definition) is 2. The van der Waals surface area contributed by atoms with E-state index in [4.69, 9.17) is 10.4 Å². The van der Waals surface area contributed by atoms with Crippen molar-refractivity contribution in [1.82, 2.24) is 5.32 Å². The van der Waals surface area contributed by atoms with Gasteiger partial charge in [0.1, 0.15) is 6.61 Å². The lowest BCUT2D eigenvalue weighted by atomic mass is 10.1. The molecule has 5 nitrogen and oxygen atoms in total. The van der Waals surface area contributed by atoms with Crippen LogP contribution in [0.5, 0.6) is 0 Å². The molecule has 0 aliphatic carbocycles. The van der Waals surface area contributed by atoms with Gasteiger partial charge >= 0.3 is 6.09 Å². The van der Waals surface area contributed by atoms with Gasteiger partial charge in [0.25, 0.3) is 0 Å². The van der Waals surface area contributed by atoms with Gasteiger partial charge in [-0.25, -0.2) is 4.79 Å². The van der Waals surface area contributed by atoms with Crippen LogP contribution in [-0.2, 0) is 11.3 Å². The SMILES string of the molecule is N#Cc1cccc(CNC(=O)OCCO)c1. The number of rotatable bonds is 4. The van der Waals surface area contributed by atoms with Gasteiger partial charge in [-0.15, -0.1) is 0 Å². The van der Waals surface area contributed by atoms with Gasteiger partial charge in [-0.3, -0.25) is 0 Å². The third-order valence-electron chi connectivity index (χ3n) is 1.82. The van der Waals surface area contributed by atoms with E-state index in [-0.39, 0.29) is 13.2 Å². The minimum absolute atomic E-state index is 0.0237. The molecule has 2 N–H and O–H groups in total. The molecule has 0 radical (unpaired) electrons. The molecule has 0 unspecified atom stereocenters. The van der Waals surface area contributed by atoms with Gasteiger partial charge in [0.05, 0.1) is 18.2 Å². The smallest absolute Gasteiger partial charge is 0.407 e. The summed E-state index contributed by atoms with van der Waals surface area (Å²) in [5, 5.41) is 19.6. The van der Waals surface area contributed by atoms with Gasteiger partial charge in [0, 0.05) is 6.54 Å². The topological polar surface area (TPSA) is 82.4 Å². The number of hydrogen-bond acceptors (Lipinski definition) is 4. The molecule has 0 aliphatic heterocycles. The summed E-state index contributed by atoms with van der Waals surface area (Å²) in [6, 6.07) is 8.93. The number of benzene rings is 1. The van der Waals surface area contributed by atoms with Crippen molar-refractivity contribution in [2.45, 2.75) is 6.54 Å². The van der Waals surface area contributed by atoms with Gasteiger partial charge in [-0.2, -0.15) is 5.26 Å². The number of nitriles is 1. The van der Waals surface area contributed by atoms with Crippen LogP contribution < -0.4 is 5.32 Å². The number of alkyl carbamates (subject to hydrolysis) is 1. The van der Waals surface area contributed by atoms with E-state index in [1.807, 2.05) is 6.07 Å². The number of carbonyl (C=O) groups excluding carboxylic acids is 1. The lowest BCUT2D eigenvalue weighted by Gasteiger charge is -2.05. The minimum atomic E-state index is -0.587. The molecule has 0 aromatic heterocycles. The summed E-state index contributed by atoms with van der Waals surface area (Å²) in [6.45, 7) is 0.0706. The van der Waals surface area contributed by atoms with Crippen LogP contribution in [0.1, 0.15) is 11.1 Å². The van der Waals surface area contributed by atoms with Gasteiger partial charge < -0.3 is 15.2 Å². The Morgan fingerprint density at radius 2 is 2.38 bits per heavy atom. The molecule has 0 spiro atoms. The molecule has 1 aromatic rings. The minimum Gasteiger partial charge on any atom is -0.447 e. The van der Waals surface area contributed by atoms with E-state index in [1.165, 1.54) is 0 Å². The molecule has 0 saturated carbocycles. The first-order valence-corrected chi connectivity index (χ1v) is 4.77. The summed E-state index contributed by atoms with van der Waals surface area (Å²) in [5.41, 5.74) is 1.36. The summed E-state index contributed by atoms with van der Waals surface area (Å²) in [4.78, 5) is 11.0. The highest BCUT2D eigenvalue weighted by atomic mass is 16.6. The second-order valence-electron chi connectivity index (χ2n) is 3.03. The van der Waals surface area contributed by atoms with Crippen molar-refractivity contribution in [3.8, 4) is 6.07 Å². The Hall–Kier alpha value is -2.06. The fraction of sp³-hybridized carbons (Fsp3) is 0.273. The molecular weight excluding hydrogens is 208 g/mol. The van der Waals surface area contributed by atoms with E-state index >= 15 is 0 Å². The quantitative estimate of drug-likeness (QED) is 0.785. The molecule has 84 valence electrons. The molecule has 0 atom stereocenters. The monoisotopic (exact) mass is 220 g/mol. The number of nitrogens with zero attached hydrogens (tertiary/aromatic N) is 1. The van der Waals surface area contributed by atoms with Crippen molar-refractivity contribution in [2.75, 3.05) is 13.2 Å². The first-order chi connectivity index (χ1) is 7.76. The lowest BCUT2D eigenvalue weighted by molar-refractivity contribution is 0.119. The van der Waals surface area contributed by atoms with Crippen molar-refractivity contribution in [1.29, 1.82) is 5.26 Å². The molecule has 5 heteroatoms. The molecule has 1 aromatic carbocycles. The highest BCUT2D eigenvalue weighted by Crippen LogP contribution is 2.03. The first kappa shape index (κ1) is 12.0. The Balaban J connectivity index is 2.42. The average Bonchev–Trinajstić information content (AvgIpc) is 2.34. The fourth-order valence-electron chi connectivity index (χ4n) is 1.11. The van der Waals surface area contributed by atoms with Crippen LogP contribution in [-0.4, -0.2) is 24.4 Å². The zero-order valence-electron chi connectivity index (χ0n) is 8.64. The van der Waals surface area contributed by atoms with Crippen molar-refractivity contribution >= 4 is 6.09 Å². The van der Waals surface area contributed by atoms with Crippen LogP contribution in [0.3, 0.4) is 0 Å². The van der Waals surface area contributed by atoms with Crippen molar-refractivity contribution < 1.29 is 14.6 Å². The zero-order chi connectivity index (χ0) is 11.8. The molecule has 16 heavy (non-hydrogen) atoms. The van der Waals surface area contributed by atoms with Gasteiger partial charge in [-0.1, -0.05) is 12.1 Å². The van der Waals surface area contributed by atoms with E-state index in [0.29, 0.717) is 12.1 Å². The molecule has 0 aliphatic rings. The number of carbonyl (C=O) groups is 1. The molecular formula is C11H12N2O3. The number of amides is 1. The number of aliphatic hydroxyl groups is 1. The maximum atomic E-state index is 11.0. The van der Waals surface area contributed by atoms with Crippen LogP contribution in [0.4, 0.5) is 4.79 Å². The zero-order valence-corrected chi connectivity index (χ0v) is 8.64. The highest BCUT2D eigenvalue weighted by Gasteiger charge is 2.01. The second kappa shape index (κ2) is 6.43. The highest BCUT2D eigenvalue weighted by molar-refractivity contribution is 5.67. The Labute approximate surface area is 93.3 Å². The molecule has 1 rings (SSSR count). The van der Waals surface area contributed by atoms with E-state index in [9.17, 15) is 4.79 Å². The molecule has 0 bridgehead atoms. The van der Waals surface area contributed by atoms with E-state index in [0.717, 1.165) is 5.56 Å². The van der Waals surface area contributed by atoms with Gasteiger partial charge in [0.2, 0.25) is 0 Å². The van der Waals surface area contributed by atoms with E-state index in [1.54, 1.807) is 24.3 Å². The molecule has 1 amide bonds. The predicted molar refractivity (Wildman–Crippen MR) is 56.4 cm³/mol. The number of ether oxygens (including phenoxy) is 1. The number of nitrogens with one attached hydrogen (secondary N) is 1. The maximum Gasteiger partial charge on any atom is 0.407 e. The summed E-state index contributed by atoms with van der Waals surface area (Å²) >= 11 is 0. The van der Waals surface area contributed by atoms with E-state index < -0.39 is 6.09 Å². The first-order valence-electron chi connectivity index (χ1n) is 4.77. The van der Waals surface area contributed by atoms with Crippen molar-refractivity contribution in [3.63, 3.8) is 0 Å². The number of aliphatic hydroxyl groups excluding tert-OH is 1. The summed E-state index contributed by atoms with van der Waals surface area (Å²) < 4.78 is 4.60.